The Morgan fingerprint density at radius 1 is 1.21 bits per heavy atom. The molecule has 0 aromatic carbocycles. The van der Waals surface area contributed by atoms with Crippen molar-refractivity contribution in [3.05, 3.63) is 48.7 Å². The number of aromatic nitrogens is 2. The lowest BCUT2D eigenvalue weighted by Gasteiger charge is -2.01. The van der Waals surface area contributed by atoms with E-state index >= 15 is 0 Å². The summed E-state index contributed by atoms with van der Waals surface area (Å²) >= 11 is 0. The van der Waals surface area contributed by atoms with Crippen LogP contribution < -0.4 is 4.74 Å². The van der Waals surface area contributed by atoms with Crippen LogP contribution in [-0.2, 0) is 0 Å². The van der Waals surface area contributed by atoms with Crippen molar-refractivity contribution in [2.24, 2.45) is 4.99 Å². The van der Waals surface area contributed by atoms with Crippen molar-refractivity contribution >= 4 is 22.6 Å². The molecule has 0 spiro atoms. The molecule has 94 valence electrons. The van der Waals surface area contributed by atoms with Gasteiger partial charge in [0.1, 0.15) is 0 Å². The Morgan fingerprint density at radius 3 is 2.74 bits per heavy atom. The maximum absolute atomic E-state index is 7.47. The summed E-state index contributed by atoms with van der Waals surface area (Å²) in [5.41, 5.74) is 2.81. The maximum atomic E-state index is 7.47. The van der Waals surface area contributed by atoms with Gasteiger partial charge in [-0.05, 0) is 36.4 Å². The molecule has 0 aliphatic heterocycles. The Bertz CT molecular complexity index is 719. The topological polar surface area (TPSA) is 62.7 Å². The molecule has 0 radical (unpaired) electrons. The van der Waals surface area contributed by atoms with E-state index in [0.717, 1.165) is 11.2 Å². The van der Waals surface area contributed by atoms with E-state index in [0.29, 0.717) is 17.3 Å². The van der Waals surface area contributed by atoms with Gasteiger partial charge >= 0.3 is 0 Å². The van der Waals surface area contributed by atoms with Crippen molar-refractivity contribution in [1.29, 1.82) is 5.41 Å². The maximum Gasteiger partial charge on any atom is 0.259 e. The second kappa shape index (κ2) is 4.53. The number of allylic oxidation sites excluding steroid dienone is 4. The Labute approximate surface area is 110 Å². The van der Waals surface area contributed by atoms with Crippen LogP contribution in [0.1, 0.15) is 0 Å². The Kier molecular flexibility index (Phi) is 2.72. The summed E-state index contributed by atoms with van der Waals surface area (Å²) in [6.45, 7) is 0. The van der Waals surface area contributed by atoms with Crippen molar-refractivity contribution in [3.63, 3.8) is 0 Å². The second-order valence-electron chi connectivity index (χ2n) is 4.05. The van der Waals surface area contributed by atoms with Gasteiger partial charge in [-0.1, -0.05) is 6.07 Å². The molecular formula is C14H12N4O. The van der Waals surface area contributed by atoms with Gasteiger partial charge in [0, 0.05) is 6.20 Å². The summed E-state index contributed by atoms with van der Waals surface area (Å²) in [5, 5.41) is 11.8. The normalized spacial score (nSPS) is 14.2. The van der Waals surface area contributed by atoms with Crippen LogP contribution in [0, 0.1) is 5.41 Å². The molecule has 0 saturated heterocycles. The van der Waals surface area contributed by atoms with Gasteiger partial charge in [0.2, 0.25) is 0 Å². The third kappa shape index (κ3) is 2.06. The van der Waals surface area contributed by atoms with Crippen LogP contribution in [0.3, 0.4) is 0 Å². The number of fused-ring (bicyclic) bond motifs is 1. The summed E-state index contributed by atoms with van der Waals surface area (Å²) in [7, 11) is 1.58. The third-order valence-electron chi connectivity index (χ3n) is 2.78. The number of rotatable bonds is 2. The zero-order valence-corrected chi connectivity index (χ0v) is 10.4. The van der Waals surface area contributed by atoms with E-state index in [2.05, 4.69) is 10.1 Å². The van der Waals surface area contributed by atoms with Gasteiger partial charge in [0.15, 0.2) is 5.69 Å². The van der Waals surface area contributed by atoms with Crippen molar-refractivity contribution in [2.75, 3.05) is 7.11 Å². The number of ether oxygens (including phenoxy) is 1. The SMILES string of the molecule is COc1nn2ccccc2c1N=C1C=CC(=N)C=C1. The quantitative estimate of drug-likeness (QED) is 0.835. The highest BCUT2D eigenvalue weighted by Gasteiger charge is 2.12. The predicted octanol–water partition coefficient (Wildman–Crippen LogP) is 2.56. The second-order valence-corrected chi connectivity index (χ2v) is 4.05. The molecule has 5 nitrogen and oxygen atoms in total. The molecule has 2 heterocycles. The molecule has 0 bridgehead atoms. The molecule has 1 N–H and O–H groups in total. The fourth-order valence-electron chi connectivity index (χ4n) is 1.87. The smallest absolute Gasteiger partial charge is 0.259 e. The van der Waals surface area contributed by atoms with E-state index in [1.807, 2.05) is 24.4 Å². The van der Waals surface area contributed by atoms with Gasteiger partial charge in [-0.3, -0.25) is 0 Å². The van der Waals surface area contributed by atoms with Crippen LogP contribution in [0.4, 0.5) is 5.69 Å². The minimum absolute atomic E-state index is 0.464. The molecule has 0 atom stereocenters. The first-order valence-corrected chi connectivity index (χ1v) is 5.83. The van der Waals surface area contributed by atoms with E-state index < -0.39 is 0 Å². The van der Waals surface area contributed by atoms with Gasteiger partial charge in [-0.25, -0.2) is 9.51 Å². The first kappa shape index (κ1) is 11.4. The van der Waals surface area contributed by atoms with Crippen LogP contribution in [0.15, 0.2) is 53.7 Å². The van der Waals surface area contributed by atoms with Gasteiger partial charge < -0.3 is 10.1 Å². The summed E-state index contributed by atoms with van der Waals surface area (Å²) in [4.78, 5) is 4.55. The molecule has 1 aliphatic rings. The van der Waals surface area contributed by atoms with Crippen LogP contribution in [-0.4, -0.2) is 28.1 Å². The van der Waals surface area contributed by atoms with Crippen molar-refractivity contribution in [1.82, 2.24) is 9.61 Å². The summed E-state index contributed by atoms with van der Waals surface area (Å²) < 4.78 is 7.00. The lowest BCUT2D eigenvalue weighted by atomic mass is 10.1. The average Bonchev–Trinajstić information content (AvgIpc) is 2.79. The Morgan fingerprint density at radius 2 is 2.00 bits per heavy atom. The van der Waals surface area contributed by atoms with Crippen molar-refractivity contribution < 1.29 is 4.74 Å². The molecule has 2 aromatic rings. The number of methoxy groups -OCH3 is 1. The van der Waals surface area contributed by atoms with E-state index in [1.54, 1.807) is 35.9 Å². The molecule has 0 saturated carbocycles. The number of nitrogens with zero attached hydrogens (tertiary/aromatic N) is 3. The highest BCUT2D eigenvalue weighted by atomic mass is 16.5. The molecule has 0 amide bonds. The monoisotopic (exact) mass is 252 g/mol. The fourth-order valence-corrected chi connectivity index (χ4v) is 1.87. The van der Waals surface area contributed by atoms with Gasteiger partial charge in [-0.15, -0.1) is 5.10 Å². The van der Waals surface area contributed by atoms with Gasteiger partial charge in [0.05, 0.1) is 24.0 Å². The first-order valence-electron chi connectivity index (χ1n) is 5.83. The highest BCUT2D eigenvalue weighted by Crippen LogP contribution is 2.31. The number of nitrogens with one attached hydrogen (secondary N) is 1. The summed E-state index contributed by atoms with van der Waals surface area (Å²) in [5.74, 6) is 0.487. The molecule has 5 heteroatoms. The first-order chi connectivity index (χ1) is 9.28. The fraction of sp³-hybridized carbons (Fsp3) is 0.0714. The molecule has 19 heavy (non-hydrogen) atoms. The molecular weight excluding hydrogens is 240 g/mol. The van der Waals surface area contributed by atoms with Crippen LogP contribution in [0.5, 0.6) is 5.88 Å². The number of pyridine rings is 1. The lowest BCUT2D eigenvalue weighted by Crippen LogP contribution is -1.97. The predicted molar refractivity (Wildman–Crippen MR) is 74.8 cm³/mol. The molecule has 3 rings (SSSR count). The molecule has 1 aliphatic carbocycles. The zero-order chi connectivity index (χ0) is 13.2. The molecule has 2 aromatic heterocycles. The lowest BCUT2D eigenvalue weighted by molar-refractivity contribution is 0.396. The summed E-state index contributed by atoms with van der Waals surface area (Å²) in [6.07, 6.45) is 8.86. The van der Waals surface area contributed by atoms with E-state index in [-0.39, 0.29) is 0 Å². The Hall–Kier alpha value is -2.69. The minimum atomic E-state index is 0.464. The van der Waals surface area contributed by atoms with Crippen LogP contribution in [0.2, 0.25) is 0 Å². The Balaban J connectivity index is 2.14. The highest BCUT2D eigenvalue weighted by molar-refractivity contribution is 6.18. The largest absolute Gasteiger partial charge is 0.478 e. The van der Waals surface area contributed by atoms with E-state index in [9.17, 15) is 0 Å². The zero-order valence-electron chi connectivity index (χ0n) is 10.4. The van der Waals surface area contributed by atoms with Gasteiger partial charge in [-0.2, -0.15) is 0 Å². The van der Waals surface area contributed by atoms with Gasteiger partial charge in [0.25, 0.3) is 5.88 Å². The number of hydrogen-bond acceptors (Lipinski definition) is 4. The molecule has 0 fully saturated rings. The number of aliphatic imine (C=N–C) groups is 1. The van der Waals surface area contributed by atoms with Crippen molar-refractivity contribution in [3.8, 4) is 5.88 Å². The minimum Gasteiger partial charge on any atom is -0.478 e. The average molecular weight is 252 g/mol. The van der Waals surface area contributed by atoms with Crippen LogP contribution in [0.25, 0.3) is 5.52 Å². The summed E-state index contributed by atoms with van der Waals surface area (Å²) in [6, 6.07) is 5.77. The van der Waals surface area contributed by atoms with E-state index in [4.69, 9.17) is 10.1 Å². The van der Waals surface area contributed by atoms with E-state index in [1.165, 1.54) is 0 Å². The number of hydrogen-bond donors (Lipinski definition) is 1. The van der Waals surface area contributed by atoms with Crippen LogP contribution >= 0.6 is 0 Å². The molecule has 0 unspecified atom stereocenters. The standard InChI is InChI=1S/C14H12N4O/c1-19-14-13(12-4-2-3-9-18(12)17-14)16-11-7-5-10(15)6-8-11/h2-9,15H,1H3. The third-order valence-corrected chi connectivity index (χ3v) is 2.78. The van der Waals surface area contributed by atoms with Crippen molar-refractivity contribution in [2.45, 2.75) is 0 Å².